The molecule has 2 nitrogen and oxygen atoms in total. The third kappa shape index (κ3) is 5.07. The van der Waals surface area contributed by atoms with Gasteiger partial charge in [0.2, 0.25) is 0 Å². The van der Waals surface area contributed by atoms with E-state index in [0.717, 1.165) is 30.4 Å². The van der Waals surface area contributed by atoms with Gasteiger partial charge in [-0.25, -0.2) is 0 Å². The molecular formula is C18H28O2. The van der Waals surface area contributed by atoms with Gasteiger partial charge in [0, 0.05) is 6.07 Å². The average molecular weight is 276 g/mol. The Morgan fingerprint density at radius 1 is 1.10 bits per heavy atom. The summed E-state index contributed by atoms with van der Waals surface area (Å²) in [5.41, 5.74) is 0. The van der Waals surface area contributed by atoms with Crippen molar-refractivity contribution in [2.24, 2.45) is 5.92 Å². The molecule has 0 bridgehead atoms. The maximum absolute atomic E-state index is 5.98. The zero-order valence-electron chi connectivity index (χ0n) is 12.9. The fraction of sp³-hybridized carbons (Fsp3) is 0.667. The van der Waals surface area contributed by atoms with Crippen LogP contribution in [0.25, 0.3) is 0 Å². The van der Waals surface area contributed by atoms with Crippen molar-refractivity contribution in [2.75, 3.05) is 6.61 Å². The van der Waals surface area contributed by atoms with E-state index < -0.39 is 0 Å². The lowest BCUT2D eigenvalue weighted by atomic mass is 10.0. The fourth-order valence-electron chi connectivity index (χ4n) is 2.70. The summed E-state index contributed by atoms with van der Waals surface area (Å²) in [4.78, 5) is 0. The van der Waals surface area contributed by atoms with Crippen LogP contribution < -0.4 is 9.47 Å². The van der Waals surface area contributed by atoms with E-state index in [2.05, 4.69) is 13.8 Å². The first kappa shape index (κ1) is 15.2. The van der Waals surface area contributed by atoms with Gasteiger partial charge in [0.25, 0.3) is 0 Å². The molecule has 1 aromatic carbocycles. The second kappa shape index (κ2) is 8.18. The Hall–Kier alpha value is -1.18. The van der Waals surface area contributed by atoms with Crippen molar-refractivity contribution < 1.29 is 9.47 Å². The van der Waals surface area contributed by atoms with Crippen LogP contribution in [0.3, 0.4) is 0 Å². The first-order valence-electron chi connectivity index (χ1n) is 8.17. The van der Waals surface area contributed by atoms with E-state index in [4.69, 9.17) is 9.47 Å². The van der Waals surface area contributed by atoms with Crippen molar-refractivity contribution >= 4 is 0 Å². The van der Waals surface area contributed by atoms with E-state index in [-0.39, 0.29) is 6.10 Å². The molecule has 2 heteroatoms. The van der Waals surface area contributed by atoms with E-state index in [1.54, 1.807) is 0 Å². The molecule has 112 valence electrons. The lowest BCUT2D eigenvalue weighted by Crippen LogP contribution is -2.12. The molecule has 0 spiro atoms. The summed E-state index contributed by atoms with van der Waals surface area (Å²) in [7, 11) is 0. The Labute approximate surface area is 123 Å². The van der Waals surface area contributed by atoms with Crippen LogP contribution >= 0.6 is 0 Å². The molecule has 0 amide bonds. The van der Waals surface area contributed by atoms with Crippen LogP contribution in [0.1, 0.15) is 58.8 Å². The third-order valence-electron chi connectivity index (χ3n) is 4.18. The van der Waals surface area contributed by atoms with Crippen LogP contribution in [0.5, 0.6) is 11.5 Å². The maximum Gasteiger partial charge on any atom is 0.123 e. The van der Waals surface area contributed by atoms with Gasteiger partial charge in [-0.1, -0.05) is 38.7 Å². The molecule has 0 radical (unpaired) electrons. The van der Waals surface area contributed by atoms with Gasteiger partial charge < -0.3 is 9.47 Å². The van der Waals surface area contributed by atoms with Crippen molar-refractivity contribution in [3.63, 3.8) is 0 Å². The predicted molar refractivity (Wildman–Crippen MR) is 83.5 cm³/mol. The molecule has 1 atom stereocenters. The largest absolute Gasteiger partial charge is 0.493 e. The maximum atomic E-state index is 5.98. The van der Waals surface area contributed by atoms with Crippen LogP contribution in [0.4, 0.5) is 0 Å². The number of benzene rings is 1. The minimum absolute atomic E-state index is 0.257. The average Bonchev–Trinajstić information content (AvgIpc) is 2.74. The molecule has 1 aliphatic rings. The fourth-order valence-corrected chi connectivity index (χ4v) is 2.70. The molecule has 1 aliphatic carbocycles. The lowest BCUT2D eigenvalue weighted by Gasteiger charge is -2.17. The van der Waals surface area contributed by atoms with E-state index in [0.29, 0.717) is 0 Å². The first-order valence-corrected chi connectivity index (χ1v) is 8.17. The number of hydrogen-bond donors (Lipinski definition) is 0. The SMILES string of the molecule is CC[C@@H](C)Oc1cccc(OCC2CCCCCC2)c1. The molecule has 0 aliphatic heterocycles. The quantitative estimate of drug-likeness (QED) is 0.664. The van der Waals surface area contributed by atoms with E-state index in [9.17, 15) is 0 Å². The Morgan fingerprint density at radius 3 is 2.50 bits per heavy atom. The van der Waals surface area contributed by atoms with Crippen LogP contribution in [0.2, 0.25) is 0 Å². The summed E-state index contributed by atoms with van der Waals surface area (Å²) >= 11 is 0. The van der Waals surface area contributed by atoms with Gasteiger partial charge in [0.1, 0.15) is 11.5 Å². The monoisotopic (exact) mass is 276 g/mol. The minimum Gasteiger partial charge on any atom is -0.493 e. The van der Waals surface area contributed by atoms with Gasteiger partial charge in [0.15, 0.2) is 0 Å². The van der Waals surface area contributed by atoms with Crippen LogP contribution in [0.15, 0.2) is 24.3 Å². The summed E-state index contributed by atoms with van der Waals surface area (Å²) in [5.74, 6) is 2.59. The normalized spacial score (nSPS) is 18.3. The molecule has 1 aromatic rings. The summed E-state index contributed by atoms with van der Waals surface area (Å²) in [6.07, 6.45) is 9.45. The molecule has 2 rings (SSSR count). The van der Waals surface area contributed by atoms with Crippen molar-refractivity contribution in [3.05, 3.63) is 24.3 Å². The highest BCUT2D eigenvalue weighted by Gasteiger charge is 2.13. The highest BCUT2D eigenvalue weighted by atomic mass is 16.5. The number of rotatable bonds is 6. The molecular weight excluding hydrogens is 248 g/mol. The topological polar surface area (TPSA) is 18.5 Å². The van der Waals surface area contributed by atoms with Crippen LogP contribution in [-0.4, -0.2) is 12.7 Å². The van der Waals surface area contributed by atoms with Crippen molar-refractivity contribution in [1.82, 2.24) is 0 Å². The zero-order chi connectivity index (χ0) is 14.2. The van der Waals surface area contributed by atoms with E-state index in [1.807, 2.05) is 24.3 Å². The molecule has 0 aromatic heterocycles. The molecule has 20 heavy (non-hydrogen) atoms. The Morgan fingerprint density at radius 2 is 1.80 bits per heavy atom. The number of ether oxygens (including phenoxy) is 2. The van der Waals surface area contributed by atoms with Gasteiger partial charge in [-0.3, -0.25) is 0 Å². The predicted octanol–water partition coefficient (Wildman–Crippen LogP) is 5.21. The Bertz CT molecular complexity index is 381. The molecule has 0 unspecified atom stereocenters. The molecule has 0 heterocycles. The van der Waals surface area contributed by atoms with Crippen molar-refractivity contribution in [2.45, 2.75) is 64.9 Å². The lowest BCUT2D eigenvalue weighted by molar-refractivity contribution is 0.211. The van der Waals surface area contributed by atoms with Gasteiger partial charge in [-0.05, 0) is 44.2 Å². The molecule has 0 saturated heterocycles. The van der Waals surface area contributed by atoms with Gasteiger partial charge >= 0.3 is 0 Å². The molecule has 1 saturated carbocycles. The standard InChI is InChI=1S/C18H28O2/c1-3-15(2)20-18-12-8-11-17(13-18)19-14-16-9-6-4-5-7-10-16/h8,11-13,15-16H,3-7,9-10,14H2,1-2H3/t15-/m1/s1. The van der Waals surface area contributed by atoms with Gasteiger partial charge in [-0.15, -0.1) is 0 Å². The first-order chi connectivity index (χ1) is 9.78. The van der Waals surface area contributed by atoms with Gasteiger partial charge in [-0.2, -0.15) is 0 Å². The minimum atomic E-state index is 0.257. The molecule has 1 fully saturated rings. The van der Waals surface area contributed by atoms with Gasteiger partial charge in [0.05, 0.1) is 12.7 Å². The van der Waals surface area contributed by atoms with Crippen LogP contribution in [0, 0.1) is 5.92 Å². The summed E-state index contributed by atoms with van der Waals surface area (Å²) < 4.78 is 11.8. The highest BCUT2D eigenvalue weighted by Crippen LogP contribution is 2.25. The second-order valence-corrected chi connectivity index (χ2v) is 5.98. The van der Waals surface area contributed by atoms with E-state index in [1.165, 1.54) is 38.5 Å². The van der Waals surface area contributed by atoms with Crippen molar-refractivity contribution in [1.29, 1.82) is 0 Å². The zero-order valence-corrected chi connectivity index (χ0v) is 12.9. The smallest absolute Gasteiger partial charge is 0.123 e. The van der Waals surface area contributed by atoms with Crippen LogP contribution in [-0.2, 0) is 0 Å². The van der Waals surface area contributed by atoms with E-state index >= 15 is 0 Å². The second-order valence-electron chi connectivity index (χ2n) is 5.98. The van der Waals surface area contributed by atoms with Crippen molar-refractivity contribution in [3.8, 4) is 11.5 Å². The molecule has 0 N–H and O–H groups in total. The number of hydrogen-bond acceptors (Lipinski definition) is 2. The summed E-state index contributed by atoms with van der Waals surface area (Å²) in [6, 6.07) is 8.06. The Kier molecular flexibility index (Phi) is 6.23. The summed E-state index contributed by atoms with van der Waals surface area (Å²) in [5, 5.41) is 0. The highest BCUT2D eigenvalue weighted by molar-refractivity contribution is 5.33. The summed E-state index contributed by atoms with van der Waals surface area (Å²) in [6.45, 7) is 5.09. The third-order valence-corrected chi connectivity index (χ3v) is 4.18. The Balaban J connectivity index is 1.84.